The molecule has 0 spiro atoms. The Balaban J connectivity index is 0.00000162. The minimum absolute atomic E-state index is 0. The van der Waals surface area contributed by atoms with Crippen molar-refractivity contribution in [3.8, 4) is 0 Å². The number of nitrogens with one attached hydrogen (secondary N) is 1. The molecule has 1 N–H and O–H groups in total. The lowest BCUT2D eigenvalue weighted by Crippen LogP contribution is -2.45. The largest absolute Gasteiger partial charge is 0.314 e. The normalized spacial score (nSPS) is 18.2. The first kappa shape index (κ1) is 15.8. The van der Waals surface area contributed by atoms with Crippen molar-refractivity contribution >= 4 is 28.3 Å². The van der Waals surface area contributed by atoms with Crippen LogP contribution < -0.4 is 5.32 Å². The summed E-state index contributed by atoms with van der Waals surface area (Å²) in [5.74, 6) is -0.339. The van der Waals surface area contributed by atoms with Crippen LogP contribution in [0.1, 0.15) is 11.6 Å². The molecule has 0 saturated carbocycles. The first-order valence-corrected chi connectivity index (χ1v) is 6.47. The van der Waals surface area contributed by atoms with Crippen LogP contribution in [0.2, 0.25) is 0 Å². The van der Waals surface area contributed by atoms with Crippen LogP contribution in [0.5, 0.6) is 0 Å². The van der Waals surface area contributed by atoms with Gasteiger partial charge in [0, 0.05) is 36.2 Å². The Morgan fingerprint density at radius 3 is 2.61 bits per heavy atom. The van der Waals surface area contributed by atoms with Crippen molar-refractivity contribution in [2.45, 2.75) is 6.04 Å². The predicted octanol–water partition coefficient (Wildman–Crippen LogP) is 2.93. The molecule has 1 fully saturated rings. The highest BCUT2D eigenvalue weighted by atomic mass is 79.9. The molecular formula is C12H16BrClF2N2. The van der Waals surface area contributed by atoms with Crippen LogP contribution in [0.15, 0.2) is 22.7 Å². The van der Waals surface area contributed by atoms with Crippen LogP contribution in [0.4, 0.5) is 8.78 Å². The Morgan fingerprint density at radius 1 is 1.33 bits per heavy atom. The van der Waals surface area contributed by atoms with E-state index in [0.717, 1.165) is 30.7 Å². The molecule has 1 heterocycles. The number of alkyl halides is 1. The lowest BCUT2D eigenvalue weighted by Gasteiger charge is -2.33. The van der Waals surface area contributed by atoms with Crippen molar-refractivity contribution in [3.63, 3.8) is 0 Å². The maximum Gasteiger partial charge on any atom is 0.128 e. The molecule has 1 saturated heterocycles. The molecule has 2 nitrogen and oxygen atoms in total. The molecule has 0 amide bonds. The van der Waals surface area contributed by atoms with E-state index < -0.39 is 12.7 Å². The molecule has 1 aliphatic rings. The Kier molecular flexibility index (Phi) is 6.49. The minimum atomic E-state index is -0.562. The molecule has 0 aliphatic carbocycles. The van der Waals surface area contributed by atoms with Crippen LogP contribution in [-0.2, 0) is 0 Å². The third kappa shape index (κ3) is 3.63. The van der Waals surface area contributed by atoms with Crippen LogP contribution >= 0.6 is 28.3 Å². The van der Waals surface area contributed by atoms with Gasteiger partial charge < -0.3 is 5.32 Å². The summed E-state index contributed by atoms with van der Waals surface area (Å²) in [6.45, 7) is 2.59. The van der Waals surface area contributed by atoms with E-state index in [4.69, 9.17) is 0 Å². The number of hydrogen-bond acceptors (Lipinski definition) is 2. The van der Waals surface area contributed by atoms with Crippen molar-refractivity contribution in [1.82, 2.24) is 10.2 Å². The van der Waals surface area contributed by atoms with Crippen molar-refractivity contribution in [2.75, 3.05) is 32.9 Å². The predicted molar refractivity (Wildman–Crippen MR) is 74.5 cm³/mol. The fourth-order valence-corrected chi connectivity index (χ4v) is 2.52. The fourth-order valence-electron chi connectivity index (χ4n) is 2.14. The number of piperazine rings is 1. The highest BCUT2D eigenvalue weighted by molar-refractivity contribution is 9.10. The van der Waals surface area contributed by atoms with E-state index in [1.54, 1.807) is 12.1 Å². The summed E-state index contributed by atoms with van der Waals surface area (Å²) >= 11 is 3.30. The van der Waals surface area contributed by atoms with E-state index in [1.165, 1.54) is 6.07 Å². The fraction of sp³-hybridized carbons (Fsp3) is 0.500. The van der Waals surface area contributed by atoms with Gasteiger partial charge in [-0.05, 0) is 18.2 Å². The molecule has 0 aromatic heterocycles. The summed E-state index contributed by atoms with van der Waals surface area (Å²) < 4.78 is 27.7. The zero-order valence-corrected chi connectivity index (χ0v) is 12.2. The Hall–Kier alpha value is -0.230. The zero-order valence-electron chi connectivity index (χ0n) is 9.83. The SMILES string of the molecule is Cl.FC[C@H](c1cc(Br)ccc1F)N1CCNCC1. The maximum absolute atomic E-state index is 13.7. The van der Waals surface area contributed by atoms with E-state index in [2.05, 4.69) is 21.2 Å². The summed E-state index contributed by atoms with van der Waals surface area (Å²) in [5.41, 5.74) is 0.434. The molecule has 1 aromatic rings. The van der Waals surface area contributed by atoms with Crippen molar-refractivity contribution < 1.29 is 8.78 Å². The van der Waals surface area contributed by atoms with Gasteiger partial charge in [0.05, 0.1) is 6.04 Å². The summed E-state index contributed by atoms with van der Waals surface area (Å²) in [5, 5.41) is 3.20. The molecule has 0 unspecified atom stereocenters. The number of nitrogens with zero attached hydrogens (tertiary/aromatic N) is 1. The summed E-state index contributed by atoms with van der Waals surface area (Å²) in [6.07, 6.45) is 0. The summed E-state index contributed by atoms with van der Waals surface area (Å²) in [4.78, 5) is 1.99. The summed E-state index contributed by atoms with van der Waals surface area (Å²) in [6, 6.07) is 4.20. The number of halogens is 4. The van der Waals surface area contributed by atoms with E-state index in [0.29, 0.717) is 5.56 Å². The van der Waals surface area contributed by atoms with Gasteiger partial charge in [0.25, 0.3) is 0 Å². The van der Waals surface area contributed by atoms with Gasteiger partial charge >= 0.3 is 0 Å². The van der Waals surface area contributed by atoms with E-state index in [-0.39, 0.29) is 18.2 Å². The third-order valence-electron chi connectivity index (χ3n) is 3.06. The molecule has 2 rings (SSSR count). The van der Waals surface area contributed by atoms with Gasteiger partial charge in [-0.3, -0.25) is 4.90 Å². The zero-order chi connectivity index (χ0) is 12.3. The second kappa shape index (κ2) is 7.38. The van der Waals surface area contributed by atoms with Gasteiger partial charge in [-0.15, -0.1) is 12.4 Å². The van der Waals surface area contributed by atoms with Crippen molar-refractivity contribution in [1.29, 1.82) is 0 Å². The van der Waals surface area contributed by atoms with Crippen molar-refractivity contribution in [2.24, 2.45) is 0 Å². The van der Waals surface area contributed by atoms with E-state index in [9.17, 15) is 8.78 Å². The average Bonchev–Trinajstić information content (AvgIpc) is 2.36. The molecule has 18 heavy (non-hydrogen) atoms. The van der Waals surface area contributed by atoms with Crippen LogP contribution in [-0.4, -0.2) is 37.8 Å². The number of rotatable bonds is 3. The van der Waals surface area contributed by atoms with Gasteiger partial charge in [-0.2, -0.15) is 0 Å². The first-order chi connectivity index (χ1) is 8.22. The second-order valence-corrected chi connectivity index (χ2v) is 5.04. The Morgan fingerprint density at radius 2 is 2.00 bits per heavy atom. The first-order valence-electron chi connectivity index (χ1n) is 5.68. The lowest BCUT2D eigenvalue weighted by molar-refractivity contribution is 0.144. The Labute approximate surface area is 120 Å². The topological polar surface area (TPSA) is 15.3 Å². The Bertz CT molecular complexity index is 386. The number of benzene rings is 1. The quantitative estimate of drug-likeness (QED) is 0.909. The maximum atomic E-state index is 13.7. The van der Waals surface area contributed by atoms with E-state index in [1.807, 2.05) is 4.90 Å². The third-order valence-corrected chi connectivity index (χ3v) is 3.55. The minimum Gasteiger partial charge on any atom is -0.314 e. The van der Waals surface area contributed by atoms with Crippen LogP contribution in [0.25, 0.3) is 0 Å². The molecule has 6 heteroatoms. The molecule has 0 radical (unpaired) electrons. The van der Waals surface area contributed by atoms with Gasteiger partial charge in [0.2, 0.25) is 0 Å². The van der Waals surface area contributed by atoms with Gasteiger partial charge in [0.1, 0.15) is 12.5 Å². The molecule has 102 valence electrons. The molecule has 1 aromatic carbocycles. The molecule has 1 atom stereocenters. The standard InChI is InChI=1S/C12H15BrF2N2.ClH/c13-9-1-2-11(15)10(7-9)12(8-14)17-5-3-16-4-6-17;/h1-2,7,12,16H,3-6,8H2;1H/t12-;/m1./s1. The van der Waals surface area contributed by atoms with Crippen LogP contribution in [0, 0.1) is 5.82 Å². The highest BCUT2D eigenvalue weighted by Crippen LogP contribution is 2.27. The molecule has 1 aliphatic heterocycles. The van der Waals surface area contributed by atoms with Crippen LogP contribution in [0.3, 0.4) is 0 Å². The smallest absolute Gasteiger partial charge is 0.128 e. The van der Waals surface area contributed by atoms with Gasteiger partial charge in [-0.25, -0.2) is 8.78 Å². The second-order valence-electron chi connectivity index (χ2n) is 4.12. The summed E-state index contributed by atoms with van der Waals surface area (Å²) in [7, 11) is 0. The monoisotopic (exact) mass is 340 g/mol. The lowest BCUT2D eigenvalue weighted by atomic mass is 10.1. The number of hydrogen-bond donors (Lipinski definition) is 1. The average molecular weight is 342 g/mol. The van der Waals surface area contributed by atoms with Crippen molar-refractivity contribution in [3.05, 3.63) is 34.1 Å². The molecule has 0 bridgehead atoms. The molecular weight excluding hydrogens is 325 g/mol. The van der Waals surface area contributed by atoms with E-state index >= 15 is 0 Å². The van der Waals surface area contributed by atoms with Gasteiger partial charge in [-0.1, -0.05) is 15.9 Å². The highest BCUT2D eigenvalue weighted by Gasteiger charge is 2.24. The van der Waals surface area contributed by atoms with Gasteiger partial charge in [0.15, 0.2) is 0 Å².